The molecule has 0 radical (unpaired) electrons. The van der Waals surface area contributed by atoms with Gasteiger partial charge in [0.1, 0.15) is 17.4 Å². The van der Waals surface area contributed by atoms with Crippen molar-refractivity contribution in [3.05, 3.63) is 69.1 Å². The van der Waals surface area contributed by atoms with E-state index in [1.54, 1.807) is 16.8 Å². The summed E-state index contributed by atoms with van der Waals surface area (Å²) in [7, 11) is 4.36. The average molecular weight is 532 g/mol. The first kappa shape index (κ1) is 27.3. The highest BCUT2D eigenvalue weighted by atomic mass is 16.5. The number of carbonyl (C=O) groups excluding carboxylic acids is 1. The highest BCUT2D eigenvalue weighted by Gasteiger charge is 2.19. The van der Waals surface area contributed by atoms with E-state index in [4.69, 9.17) is 23.9 Å². The van der Waals surface area contributed by atoms with Gasteiger partial charge in [-0.3, -0.25) is 14.0 Å². The molecule has 0 atom stereocenters. The zero-order chi connectivity index (χ0) is 28.1. The highest BCUT2D eigenvalue weighted by Crippen LogP contribution is 2.38. The topological polar surface area (TPSA) is 129 Å². The van der Waals surface area contributed by atoms with Gasteiger partial charge in [0.25, 0.3) is 11.5 Å². The van der Waals surface area contributed by atoms with Gasteiger partial charge in [-0.05, 0) is 50.1 Å². The van der Waals surface area contributed by atoms with Crippen LogP contribution in [0.5, 0.6) is 17.2 Å². The fraction of sp³-hybridized carbons (Fsp3) is 0.321. The molecule has 0 aliphatic heterocycles. The van der Waals surface area contributed by atoms with Gasteiger partial charge in [-0.25, -0.2) is 4.98 Å². The average Bonchev–Trinajstić information content (AvgIpc) is 2.95. The lowest BCUT2D eigenvalue weighted by molar-refractivity contribution is 0.0996. The summed E-state index contributed by atoms with van der Waals surface area (Å²) in [5.41, 5.74) is 1.58. The van der Waals surface area contributed by atoms with Crippen molar-refractivity contribution >= 4 is 22.6 Å². The number of methoxy groups -OCH3 is 3. The Labute approximate surface area is 224 Å². The van der Waals surface area contributed by atoms with E-state index >= 15 is 0 Å². The van der Waals surface area contributed by atoms with Crippen molar-refractivity contribution in [2.75, 3.05) is 34.5 Å². The minimum atomic E-state index is -0.641. The van der Waals surface area contributed by atoms with Crippen LogP contribution in [0.3, 0.4) is 0 Å². The predicted molar refractivity (Wildman–Crippen MR) is 144 cm³/mol. The largest absolute Gasteiger partial charge is 0.493 e. The molecule has 0 fully saturated rings. The van der Waals surface area contributed by atoms with Gasteiger partial charge in [0.2, 0.25) is 5.75 Å². The van der Waals surface area contributed by atoms with Crippen molar-refractivity contribution in [1.82, 2.24) is 14.0 Å². The van der Waals surface area contributed by atoms with Crippen LogP contribution >= 0.6 is 0 Å². The maximum atomic E-state index is 13.5. The molecule has 202 valence electrons. The SMILES string of the molecule is CCOCCCn1c(=NC(=O)c2cc(OC)c(OC)c(OC)c2)c(C#N)cc2c(=O)n3cccc(C)c3nc21. The molecule has 1 amide bonds. The monoisotopic (exact) mass is 531 g/mol. The van der Waals surface area contributed by atoms with Crippen LogP contribution in [0.1, 0.15) is 34.8 Å². The summed E-state index contributed by atoms with van der Waals surface area (Å²) >= 11 is 0. The molecule has 0 aliphatic rings. The van der Waals surface area contributed by atoms with Crippen molar-refractivity contribution in [2.45, 2.75) is 26.8 Å². The van der Waals surface area contributed by atoms with Crippen LogP contribution in [0.4, 0.5) is 0 Å². The number of hydrogen-bond acceptors (Lipinski definition) is 8. The van der Waals surface area contributed by atoms with Crippen LogP contribution in [0.15, 0.2) is 46.3 Å². The fourth-order valence-corrected chi connectivity index (χ4v) is 4.34. The summed E-state index contributed by atoms with van der Waals surface area (Å²) in [6.45, 7) is 5.04. The lowest BCUT2D eigenvalue weighted by atomic mass is 10.1. The van der Waals surface area contributed by atoms with Crippen LogP contribution in [0.25, 0.3) is 16.7 Å². The number of benzene rings is 1. The zero-order valence-electron chi connectivity index (χ0n) is 22.5. The van der Waals surface area contributed by atoms with Gasteiger partial charge in [-0.15, -0.1) is 0 Å². The third kappa shape index (κ3) is 5.19. The first-order valence-corrected chi connectivity index (χ1v) is 12.3. The molecule has 0 spiro atoms. The third-order valence-electron chi connectivity index (χ3n) is 6.22. The Balaban J connectivity index is 2.02. The summed E-state index contributed by atoms with van der Waals surface area (Å²) in [6, 6.07) is 10.1. The van der Waals surface area contributed by atoms with Crippen molar-refractivity contribution in [2.24, 2.45) is 4.99 Å². The Morgan fingerprint density at radius 3 is 2.44 bits per heavy atom. The van der Waals surface area contributed by atoms with Crippen LogP contribution in [0.2, 0.25) is 0 Å². The number of aryl methyl sites for hydroxylation is 2. The molecule has 3 heterocycles. The number of fused-ring (bicyclic) bond motifs is 2. The molecule has 0 aliphatic carbocycles. The van der Waals surface area contributed by atoms with Crippen LogP contribution in [0, 0.1) is 18.3 Å². The second-order valence-electron chi connectivity index (χ2n) is 8.57. The van der Waals surface area contributed by atoms with Crippen molar-refractivity contribution in [1.29, 1.82) is 5.26 Å². The number of rotatable bonds is 9. The normalized spacial score (nSPS) is 11.5. The van der Waals surface area contributed by atoms with Crippen LogP contribution in [-0.4, -0.2) is 54.4 Å². The number of ether oxygens (including phenoxy) is 4. The minimum Gasteiger partial charge on any atom is -0.493 e. The smallest absolute Gasteiger partial charge is 0.279 e. The first-order chi connectivity index (χ1) is 18.9. The Hall–Kier alpha value is -4.69. The first-order valence-electron chi connectivity index (χ1n) is 12.3. The molecule has 4 rings (SSSR count). The third-order valence-corrected chi connectivity index (χ3v) is 6.22. The quantitative estimate of drug-likeness (QED) is 0.238. The maximum absolute atomic E-state index is 13.5. The van der Waals surface area contributed by atoms with Crippen molar-refractivity contribution < 1.29 is 23.7 Å². The molecular formula is C28H29N5O6. The van der Waals surface area contributed by atoms with Gasteiger partial charge in [-0.1, -0.05) is 6.07 Å². The Kier molecular flexibility index (Phi) is 8.27. The van der Waals surface area contributed by atoms with Gasteiger partial charge in [0.15, 0.2) is 17.0 Å². The maximum Gasteiger partial charge on any atom is 0.279 e. The second-order valence-corrected chi connectivity index (χ2v) is 8.57. The molecule has 0 bridgehead atoms. The molecule has 11 heteroatoms. The Bertz CT molecular complexity index is 1710. The zero-order valence-corrected chi connectivity index (χ0v) is 22.5. The molecule has 0 saturated carbocycles. The van der Waals surface area contributed by atoms with Gasteiger partial charge in [0.05, 0.1) is 32.3 Å². The van der Waals surface area contributed by atoms with Gasteiger partial charge < -0.3 is 23.5 Å². The summed E-state index contributed by atoms with van der Waals surface area (Å²) in [6.07, 6.45) is 2.17. The second kappa shape index (κ2) is 11.8. The van der Waals surface area contributed by atoms with E-state index in [1.807, 2.05) is 19.9 Å². The van der Waals surface area contributed by atoms with Gasteiger partial charge >= 0.3 is 0 Å². The fourth-order valence-electron chi connectivity index (χ4n) is 4.34. The molecule has 3 aromatic heterocycles. The molecule has 4 aromatic rings. The number of nitrogens with zero attached hydrogens (tertiary/aromatic N) is 5. The lowest BCUT2D eigenvalue weighted by Crippen LogP contribution is -2.30. The van der Waals surface area contributed by atoms with Gasteiger partial charge in [0, 0.05) is 31.5 Å². The number of carbonyl (C=O) groups is 1. The number of nitriles is 1. The number of amides is 1. The molecule has 39 heavy (non-hydrogen) atoms. The van der Waals surface area contributed by atoms with Gasteiger partial charge in [-0.2, -0.15) is 10.3 Å². The molecule has 0 N–H and O–H groups in total. The molecule has 11 nitrogen and oxygen atoms in total. The Morgan fingerprint density at radius 1 is 1.10 bits per heavy atom. The van der Waals surface area contributed by atoms with Crippen molar-refractivity contribution in [3.8, 4) is 23.3 Å². The molecule has 0 unspecified atom stereocenters. The Morgan fingerprint density at radius 2 is 1.82 bits per heavy atom. The summed E-state index contributed by atoms with van der Waals surface area (Å²) in [5, 5.41) is 10.3. The lowest BCUT2D eigenvalue weighted by Gasteiger charge is -2.15. The number of aromatic nitrogens is 3. The van der Waals surface area contributed by atoms with Crippen LogP contribution in [-0.2, 0) is 11.3 Å². The standard InChI is InChI=1S/C28H29N5O6/c1-6-39-12-8-11-32-25(31-27(34)18-14-21(36-3)23(38-5)22(15-18)37-4)19(16-29)13-20-26(32)30-24-17(2)9-7-10-33(24)28(20)35/h7,9-10,13-15H,6,8,11-12H2,1-5H3. The van der Waals surface area contributed by atoms with E-state index < -0.39 is 5.91 Å². The number of pyridine rings is 2. The van der Waals surface area contributed by atoms with E-state index in [1.165, 1.54) is 43.9 Å². The summed E-state index contributed by atoms with van der Waals surface area (Å²) in [5.74, 6) is 0.265. The van der Waals surface area contributed by atoms with E-state index in [0.29, 0.717) is 43.2 Å². The molecule has 0 saturated heterocycles. The number of hydrogen-bond donors (Lipinski definition) is 0. The summed E-state index contributed by atoms with van der Waals surface area (Å²) < 4.78 is 24.7. The predicted octanol–water partition coefficient (Wildman–Crippen LogP) is 3.02. The highest BCUT2D eigenvalue weighted by molar-refractivity contribution is 5.96. The minimum absolute atomic E-state index is 0.0613. The van der Waals surface area contributed by atoms with E-state index in [0.717, 1.165) is 5.56 Å². The van der Waals surface area contributed by atoms with E-state index in [2.05, 4.69) is 11.1 Å². The molecular weight excluding hydrogens is 502 g/mol. The van der Waals surface area contributed by atoms with E-state index in [9.17, 15) is 14.9 Å². The van der Waals surface area contributed by atoms with Crippen LogP contribution < -0.4 is 25.3 Å². The van der Waals surface area contributed by atoms with Crippen molar-refractivity contribution in [3.63, 3.8) is 0 Å². The summed E-state index contributed by atoms with van der Waals surface area (Å²) in [4.78, 5) is 36.0. The van der Waals surface area contributed by atoms with E-state index in [-0.39, 0.29) is 39.1 Å². The molecule has 1 aromatic carbocycles.